The second-order valence-corrected chi connectivity index (χ2v) is 4.62. The van der Waals surface area contributed by atoms with Crippen LogP contribution in [0.4, 0.5) is 4.39 Å². The predicted molar refractivity (Wildman–Crippen MR) is 69.9 cm³/mol. The molecule has 0 saturated heterocycles. The molecule has 0 bridgehead atoms. The first-order valence-corrected chi connectivity index (χ1v) is 6.28. The fourth-order valence-electron chi connectivity index (χ4n) is 1.51. The molecule has 96 valence electrons. The molecule has 1 aromatic carbocycles. The van der Waals surface area contributed by atoms with Crippen LogP contribution in [0.1, 0.15) is 11.5 Å². The van der Waals surface area contributed by atoms with E-state index in [0.717, 1.165) is 5.76 Å². The highest BCUT2D eigenvalue weighted by atomic mass is 79.9. The van der Waals surface area contributed by atoms with Gasteiger partial charge in [-0.15, -0.1) is 0 Å². The molecule has 1 N–H and O–H groups in total. The van der Waals surface area contributed by atoms with E-state index in [-0.39, 0.29) is 12.4 Å². The van der Waals surface area contributed by atoms with Crippen molar-refractivity contribution in [3.8, 4) is 5.75 Å². The molecule has 0 saturated carbocycles. The van der Waals surface area contributed by atoms with Crippen LogP contribution in [0.3, 0.4) is 0 Å². The van der Waals surface area contributed by atoms with Crippen molar-refractivity contribution >= 4 is 15.9 Å². The normalized spacial score (nSPS) is 10.6. The van der Waals surface area contributed by atoms with Crippen molar-refractivity contribution in [2.24, 2.45) is 0 Å². The molecule has 0 fully saturated rings. The zero-order valence-corrected chi connectivity index (χ0v) is 11.5. The van der Waals surface area contributed by atoms with Crippen molar-refractivity contribution in [1.29, 1.82) is 0 Å². The largest absolute Gasteiger partial charge is 0.484 e. The third kappa shape index (κ3) is 3.34. The minimum absolute atomic E-state index is 0.270. The molecule has 1 aromatic heterocycles. The molecule has 0 aliphatic rings. The van der Waals surface area contributed by atoms with E-state index in [1.54, 1.807) is 6.07 Å². The van der Waals surface area contributed by atoms with Crippen molar-refractivity contribution < 1.29 is 13.5 Å². The van der Waals surface area contributed by atoms with Crippen molar-refractivity contribution in [3.63, 3.8) is 0 Å². The molecule has 3 nitrogen and oxygen atoms in total. The molecule has 18 heavy (non-hydrogen) atoms. The average molecular weight is 314 g/mol. The number of rotatable bonds is 5. The Morgan fingerprint density at radius 2 is 2.06 bits per heavy atom. The standard InChI is InChI=1S/C13H13BrFNO2/c1-16-7-10-3-4-11(18-10)8-17-13-6-9(15)2-5-12(13)14/h2-6,16H,7-8H2,1H3. The highest BCUT2D eigenvalue weighted by Crippen LogP contribution is 2.26. The van der Waals surface area contributed by atoms with Crippen LogP contribution in [-0.4, -0.2) is 7.05 Å². The van der Waals surface area contributed by atoms with E-state index in [1.165, 1.54) is 12.1 Å². The summed E-state index contributed by atoms with van der Waals surface area (Å²) in [7, 11) is 1.85. The van der Waals surface area contributed by atoms with Crippen LogP contribution in [0.25, 0.3) is 0 Å². The highest BCUT2D eigenvalue weighted by molar-refractivity contribution is 9.10. The molecule has 0 atom stereocenters. The quantitative estimate of drug-likeness (QED) is 0.917. The lowest BCUT2D eigenvalue weighted by Crippen LogP contribution is -2.03. The average Bonchev–Trinajstić information content (AvgIpc) is 2.79. The maximum absolute atomic E-state index is 13.0. The van der Waals surface area contributed by atoms with Crippen LogP contribution in [-0.2, 0) is 13.2 Å². The SMILES string of the molecule is CNCc1ccc(COc2cc(F)ccc2Br)o1. The summed E-state index contributed by atoms with van der Waals surface area (Å²) in [6.07, 6.45) is 0. The number of hydrogen-bond acceptors (Lipinski definition) is 3. The van der Waals surface area contributed by atoms with E-state index in [4.69, 9.17) is 9.15 Å². The number of ether oxygens (including phenoxy) is 1. The third-order valence-electron chi connectivity index (χ3n) is 2.33. The number of furan rings is 1. The zero-order valence-electron chi connectivity index (χ0n) is 9.87. The van der Waals surface area contributed by atoms with Crippen molar-refractivity contribution in [3.05, 3.63) is 52.1 Å². The summed E-state index contributed by atoms with van der Waals surface area (Å²) in [5.41, 5.74) is 0. The second-order valence-electron chi connectivity index (χ2n) is 3.76. The Bertz CT molecular complexity index is 527. The van der Waals surface area contributed by atoms with Crippen LogP contribution < -0.4 is 10.1 Å². The molecule has 1 heterocycles. The Hall–Kier alpha value is -1.33. The first-order chi connectivity index (χ1) is 8.69. The lowest BCUT2D eigenvalue weighted by Gasteiger charge is -2.06. The van der Waals surface area contributed by atoms with Gasteiger partial charge in [0.05, 0.1) is 11.0 Å². The molecule has 0 amide bonds. The van der Waals surface area contributed by atoms with Gasteiger partial charge in [0.2, 0.25) is 0 Å². The molecule has 0 aliphatic heterocycles. The van der Waals surface area contributed by atoms with E-state index in [1.807, 2.05) is 19.2 Å². The Labute approximate surface area is 113 Å². The van der Waals surface area contributed by atoms with Crippen LogP contribution >= 0.6 is 15.9 Å². The fraction of sp³-hybridized carbons (Fsp3) is 0.231. The number of hydrogen-bond donors (Lipinski definition) is 1. The molecule has 2 aromatic rings. The van der Waals surface area contributed by atoms with E-state index in [9.17, 15) is 4.39 Å². The lowest BCUT2D eigenvalue weighted by molar-refractivity contribution is 0.263. The van der Waals surface area contributed by atoms with Gasteiger partial charge in [0, 0.05) is 6.07 Å². The molecular formula is C13H13BrFNO2. The van der Waals surface area contributed by atoms with E-state index in [2.05, 4.69) is 21.2 Å². The van der Waals surface area contributed by atoms with Crippen LogP contribution in [0.5, 0.6) is 5.75 Å². The van der Waals surface area contributed by atoms with Gasteiger partial charge in [-0.25, -0.2) is 4.39 Å². The Balaban J connectivity index is 1.99. The summed E-state index contributed by atoms with van der Waals surface area (Å²) in [4.78, 5) is 0. The molecule has 0 aliphatic carbocycles. The van der Waals surface area contributed by atoms with Crippen molar-refractivity contribution in [1.82, 2.24) is 5.32 Å². The minimum atomic E-state index is -0.330. The van der Waals surface area contributed by atoms with E-state index < -0.39 is 0 Å². The van der Waals surface area contributed by atoms with Gasteiger partial charge in [0.15, 0.2) is 0 Å². The Morgan fingerprint density at radius 3 is 2.83 bits per heavy atom. The molecule has 2 rings (SSSR count). The third-order valence-corrected chi connectivity index (χ3v) is 2.99. The van der Waals surface area contributed by atoms with Gasteiger partial charge in [-0.3, -0.25) is 0 Å². The lowest BCUT2D eigenvalue weighted by atomic mass is 10.3. The van der Waals surface area contributed by atoms with Gasteiger partial charge in [-0.2, -0.15) is 0 Å². The fourth-order valence-corrected chi connectivity index (χ4v) is 1.87. The summed E-state index contributed by atoms with van der Waals surface area (Å²) in [6, 6.07) is 8.05. The highest BCUT2D eigenvalue weighted by Gasteiger charge is 2.06. The summed E-state index contributed by atoms with van der Waals surface area (Å²) in [5.74, 6) is 1.68. The van der Waals surface area contributed by atoms with Gasteiger partial charge >= 0.3 is 0 Å². The van der Waals surface area contributed by atoms with Gasteiger partial charge in [0.1, 0.15) is 29.7 Å². The van der Waals surface area contributed by atoms with Crippen LogP contribution in [0, 0.1) is 5.82 Å². The maximum atomic E-state index is 13.0. The molecule has 0 radical (unpaired) electrons. The molecular weight excluding hydrogens is 301 g/mol. The topological polar surface area (TPSA) is 34.4 Å². The Kier molecular flexibility index (Phi) is 4.38. The number of benzene rings is 1. The Morgan fingerprint density at radius 1 is 1.28 bits per heavy atom. The van der Waals surface area contributed by atoms with E-state index in [0.29, 0.717) is 22.5 Å². The summed E-state index contributed by atoms with van der Waals surface area (Å²) < 4.78 is 24.8. The summed E-state index contributed by atoms with van der Waals surface area (Å²) >= 11 is 3.30. The second kappa shape index (κ2) is 6.02. The minimum Gasteiger partial charge on any atom is -0.484 e. The maximum Gasteiger partial charge on any atom is 0.146 e. The number of nitrogens with one attached hydrogen (secondary N) is 1. The monoisotopic (exact) mass is 313 g/mol. The first kappa shape index (κ1) is 13.1. The molecule has 5 heteroatoms. The smallest absolute Gasteiger partial charge is 0.146 e. The molecule has 0 unspecified atom stereocenters. The van der Waals surface area contributed by atoms with E-state index >= 15 is 0 Å². The molecule has 0 spiro atoms. The summed E-state index contributed by atoms with van der Waals surface area (Å²) in [5, 5.41) is 3.00. The van der Waals surface area contributed by atoms with Gasteiger partial charge in [-0.05, 0) is 47.2 Å². The zero-order chi connectivity index (χ0) is 13.0. The number of halogens is 2. The van der Waals surface area contributed by atoms with Gasteiger partial charge in [-0.1, -0.05) is 0 Å². The van der Waals surface area contributed by atoms with Crippen molar-refractivity contribution in [2.45, 2.75) is 13.2 Å². The predicted octanol–water partition coefficient (Wildman–Crippen LogP) is 3.48. The summed E-state index contributed by atoms with van der Waals surface area (Å²) in [6.45, 7) is 0.940. The van der Waals surface area contributed by atoms with Gasteiger partial charge in [0.25, 0.3) is 0 Å². The van der Waals surface area contributed by atoms with Crippen molar-refractivity contribution in [2.75, 3.05) is 7.05 Å². The van der Waals surface area contributed by atoms with Gasteiger partial charge < -0.3 is 14.5 Å². The van der Waals surface area contributed by atoms with Crippen LogP contribution in [0.15, 0.2) is 39.2 Å². The van der Waals surface area contributed by atoms with Crippen LogP contribution in [0.2, 0.25) is 0 Å². The first-order valence-electron chi connectivity index (χ1n) is 5.49.